The van der Waals surface area contributed by atoms with Crippen molar-refractivity contribution in [3.63, 3.8) is 0 Å². The van der Waals surface area contributed by atoms with Crippen LogP contribution in [0.15, 0.2) is 34.0 Å². The Morgan fingerprint density at radius 2 is 2.21 bits per heavy atom. The van der Waals surface area contributed by atoms with Gasteiger partial charge in [0.15, 0.2) is 5.96 Å². The van der Waals surface area contributed by atoms with Gasteiger partial charge in [-0.1, -0.05) is 6.07 Å². The van der Waals surface area contributed by atoms with E-state index in [1.807, 2.05) is 11.0 Å². The fourth-order valence-electron chi connectivity index (χ4n) is 2.54. The van der Waals surface area contributed by atoms with Gasteiger partial charge in [-0.2, -0.15) is 0 Å². The largest absolute Gasteiger partial charge is 0.370 e. The van der Waals surface area contributed by atoms with Crippen molar-refractivity contribution < 1.29 is 4.79 Å². The highest BCUT2D eigenvalue weighted by Crippen LogP contribution is 2.23. The van der Waals surface area contributed by atoms with Crippen molar-refractivity contribution in [2.75, 3.05) is 19.6 Å². The molecule has 3 rings (SSSR count). The number of aliphatic imine (C=N–C) groups is 1. The molecule has 130 valence electrons. The number of rotatable bonds is 5. The van der Waals surface area contributed by atoms with Gasteiger partial charge in [-0.15, -0.1) is 46.7 Å². The lowest BCUT2D eigenvalue weighted by molar-refractivity contribution is -0.130. The number of amides is 1. The van der Waals surface area contributed by atoms with Crippen molar-refractivity contribution in [3.05, 3.63) is 44.3 Å². The molecule has 24 heavy (non-hydrogen) atoms. The first-order valence-electron chi connectivity index (χ1n) is 7.61. The molecule has 0 spiro atoms. The molecule has 0 atom stereocenters. The first kappa shape index (κ1) is 19.2. The molecule has 0 bridgehead atoms. The van der Waals surface area contributed by atoms with Crippen LogP contribution >= 0.6 is 46.7 Å². The normalized spacial score (nSPS) is 14.0. The number of carbonyl (C=O) groups excluding carboxylic acids is 1. The monoisotopic (exact) mass is 476 g/mol. The molecule has 3 heterocycles. The minimum Gasteiger partial charge on any atom is -0.370 e. The maximum atomic E-state index is 12.2. The molecule has 1 amide bonds. The highest BCUT2D eigenvalue weighted by atomic mass is 127. The van der Waals surface area contributed by atoms with Crippen LogP contribution in [-0.4, -0.2) is 36.4 Å². The lowest BCUT2D eigenvalue weighted by Gasteiger charge is -2.26. The predicted octanol–water partition coefficient (Wildman–Crippen LogP) is 2.46. The molecule has 5 nitrogen and oxygen atoms in total. The molecular weight excluding hydrogens is 455 g/mol. The minimum absolute atomic E-state index is 0. The zero-order valence-corrected chi connectivity index (χ0v) is 17.2. The van der Waals surface area contributed by atoms with E-state index >= 15 is 0 Å². The van der Waals surface area contributed by atoms with Crippen molar-refractivity contribution in [2.45, 2.75) is 19.4 Å². The van der Waals surface area contributed by atoms with Crippen LogP contribution < -0.4 is 11.1 Å². The van der Waals surface area contributed by atoms with Gasteiger partial charge in [-0.3, -0.25) is 4.79 Å². The number of halogens is 1. The number of hydrogen-bond donors (Lipinski definition) is 2. The topological polar surface area (TPSA) is 70.7 Å². The standard InChI is InChI=1S/C16H20N4OS2.HI/c17-16(18-6-3-13-2-1-8-22-13)19-10-15(21)20-7-4-14-12(11-20)5-9-23-14;/h1-2,5,8-9H,3-4,6-7,10-11H2,(H3,17,18,19);1H. The van der Waals surface area contributed by atoms with Crippen LogP contribution in [0.3, 0.4) is 0 Å². The second-order valence-electron chi connectivity index (χ2n) is 5.39. The van der Waals surface area contributed by atoms with Crippen molar-refractivity contribution in [3.8, 4) is 0 Å². The number of hydrogen-bond acceptors (Lipinski definition) is 4. The van der Waals surface area contributed by atoms with E-state index in [0.29, 0.717) is 12.5 Å². The minimum atomic E-state index is 0. The Bertz CT molecular complexity index is 684. The third-order valence-electron chi connectivity index (χ3n) is 3.80. The molecule has 3 N–H and O–H groups in total. The van der Waals surface area contributed by atoms with Crippen LogP contribution in [0, 0.1) is 0 Å². The molecule has 1 aliphatic rings. The summed E-state index contributed by atoms with van der Waals surface area (Å²) in [4.78, 5) is 21.0. The van der Waals surface area contributed by atoms with E-state index < -0.39 is 0 Å². The Balaban J connectivity index is 0.00000208. The number of fused-ring (bicyclic) bond motifs is 1. The number of nitrogens with two attached hydrogens (primary N) is 1. The molecule has 0 fully saturated rings. The molecule has 0 saturated heterocycles. The molecule has 0 unspecified atom stereocenters. The first-order chi connectivity index (χ1) is 11.2. The van der Waals surface area contributed by atoms with E-state index in [0.717, 1.165) is 25.9 Å². The number of thiophene rings is 2. The Hall–Kier alpha value is -1.13. The van der Waals surface area contributed by atoms with Gasteiger partial charge in [0.05, 0.1) is 0 Å². The van der Waals surface area contributed by atoms with Gasteiger partial charge in [-0.05, 0) is 41.3 Å². The summed E-state index contributed by atoms with van der Waals surface area (Å²) < 4.78 is 0. The van der Waals surface area contributed by atoms with Crippen molar-refractivity contribution in [2.24, 2.45) is 10.7 Å². The SMILES string of the molecule is I.NC(=NCC(=O)N1CCc2sccc2C1)NCCc1cccs1. The lowest BCUT2D eigenvalue weighted by atomic mass is 10.1. The summed E-state index contributed by atoms with van der Waals surface area (Å²) in [5.74, 6) is 0.369. The Morgan fingerprint density at radius 3 is 3.00 bits per heavy atom. The van der Waals surface area contributed by atoms with E-state index in [2.05, 4.69) is 33.2 Å². The van der Waals surface area contributed by atoms with Crippen LogP contribution in [0.5, 0.6) is 0 Å². The van der Waals surface area contributed by atoms with E-state index in [-0.39, 0.29) is 36.4 Å². The zero-order valence-electron chi connectivity index (χ0n) is 13.2. The fourth-order valence-corrected chi connectivity index (χ4v) is 4.14. The van der Waals surface area contributed by atoms with Gasteiger partial charge >= 0.3 is 0 Å². The smallest absolute Gasteiger partial charge is 0.244 e. The van der Waals surface area contributed by atoms with Gasteiger partial charge in [-0.25, -0.2) is 4.99 Å². The molecule has 1 aliphatic heterocycles. The Morgan fingerprint density at radius 1 is 1.33 bits per heavy atom. The van der Waals surface area contributed by atoms with Crippen molar-refractivity contribution in [1.82, 2.24) is 10.2 Å². The summed E-state index contributed by atoms with van der Waals surface area (Å²) in [6.07, 6.45) is 1.85. The van der Waals surface area contributed by atoms with Crippen LogP contribution in [0.25, 0.3) is 0 Å². The van der Waals surface area contributed by atoms with Crippen LogP contribution in [-0.2, 0) is 24.2 Å². The van der Waals surface area contributed by atoms with Gasteiger partial charge in [0, 0.05) is 29.4 Å². The number of nitrogens with zero attached hydrogens (tertiary/aromatic N) is 2. The Kier molecular flexibility index (Phi) is 7.50. The molecule has 2 aromatic rings. The van der Waals surface area contributed by atoms with E-state index in [1.165, 1.54) is 15.3 Å². The number of nitrogens with one attached hydrogen (secondary N) is 1. The van der Waals surface area contributed by atoms with Crippen LogP contribution in [0.1, 0.15) is 15.3 Å². The molecule has 8 heteroatoms. The number of guanidine groups is 1. The number of carbonyl (C=O) groups is 1. The molecule has 0 saturated carbocycles. The van der Waals surface area contributed by atoms with Gasteiger partial charge in [0.2, 0.25) is 5.91 Å². The average molecular weight is 476 g/mol. The van der Waals surface area contributed by atoms with Gasteiger partial charge in [0.1, 0.15) is 6.54 Å². The summed E-state index contributed by atoms with van der Waals surface area (Å²) in [7, 11) is 0. The fraction of sp³-hybridized carbons (Fsp3) is 0.375. The molecular formula is C16H21IN4OS2. The highest BCUT2D eigenvalue weighted by molar-refractivity contribution is 14.0. The maximum Gasteiger partial charge on any atom is 0.244 e. The zero-order chi connectivity index (χ0) is 16.1. The molecule has 0 aliphatic carbocycles. The molecule has 2 aromatic heterocycles. The third kappa shape index (κ3) is 5.18. The summed E-state index contributed by atoms with van der Waals surface area (Å²) in [5, 5.41) is 7.20. The van der Waals surface area contributed by atoms with Crippen LogP contribution in [0.2, 0.25) is 0 Å². The highest BCUT2D eigenvalue weighted by Gasteiger charge is 2.20. The second-order valence-corrected chi connectivity index (χ2v) is 7.42. The average Bonchev–Trinajstić information content (AvgIpc) is 3.23. The second kappa shape index (κ2) is 9.38. The summed E-state index contributed by atoms with van der Waals surface area (Å²) in [6, 6.07) is 6.23. The Labute approximate surface area is 167 Å². The quantitative estimate of drug-likeness (QED) is 0.396. The maximum absolute atomic E-state index is 12.2. The molecule has 0 radical (unpaired) electrons. The van der Waals surface area contributed by atoms with E-state index in [9.17, 15) is 4.79 Å². The lowest BCUT2D eigenvalue weighted by Crippen LogP contribution is -2.38. The first-order valence-corrected chi connectivity index (χ1v) is 9.37. The van der Waals surface area contributed by atoms with E-state index in [1.54, 1.807) is 22.7 Å². The van der Waals surface area contributed by atoms with Crippen LogP contribution in [0.4, 0.5) is 0 Å². The van der Waals surface area contributed by atoms with Gasteiger partial charge in [0.25, 0.3) is 0 Å². The van der Waals surface area contributed by atoms with Gasteiger partial charge < -0.3 is 16.0 Å². The molecule has 0 aromatic carbocycles. The third-order valence-corrected chi connectivity index (χ3v) is 5.76. The summed E-state index contributed by atoms with van der Waals surface area (Å²) in [6.45, 7) is 2.30. The summed E-state index contributed by atoms with van der Waals surface area (Å²) >= 11 is 3.50. The predicted molar refractivity (Wildman–Crippen MR) is 111 cm³/mol. The van der Waals surface area contributed by atoms with Crippen molar-refractivity contribution >= 4 is 58.5 Å². The van der Waals surface area contributed by atoms with Crippen molar-refractivity contribution in [1.29, 1.82) is 0 Å². The van der Waals surface area contributed by atoms with E-state index in [4.69, 9.17) is 5.73 Å². The summed E-state index contributed by atoms with van der Waals surface area (Å²) in [5.41, 5.74) is 7.09.